The Morgan fingerprint density at radius 2 is 2.25 bits per heavy atom. The molecule has 0 aromatic carbocycles. The first-order valence-electron chi connectivity index (χ1n) is 4.38. The number of thiophene rings is 1. The van der Waals surface area contributed by atoms with Crippen LogP contribution < -0.4 is 0 Å². The molecule has 0 aliphatic heterocycles. The van der Waals surface area contributed by atoms with Crippen LogP contribution in [0.15, 0.2) is 34.0 Å². The Kier molecular flexibility index (Phi) is 3.97. The molecule has 0 unspecified atom stereocenters. The average molecular weight is 292 g/mol. The maximum Gasteiger partial charge on any atom is 0.0914 e. The van der Waals surface area contributed by atoms with Crippen LogP contribution in [0, 0.1) is 0 Å². The lowest BCUT2D eigenvalue weighted by Crippen LogP contribution is -1.97. The van der Waals surface area contributed by atoms with Crippen LogP contribution in [0.3, 0.4) is 0 Å². The number of pyridine rings is 1. The summed E-state index contributed by atoms with van der Waals surface area (Å²) >= 11 is 13.2. The monoisotopic (exact) mass is 291 g/mol. The third-order valence-corrected chi connectivity index (χ3v) is 5.03. The molecule has 0 spiro atoms. The zero-order valence-electron chi connectivity index (χ0n) is 8.02. The fraction of sp³-hybridized carbons (Fsp3) is 0.100. The number of aromatic nitrogens is 1. The molecule has 1 atom stereocenters. The number of halogens is 2. The largest absolute Gasteiger partial charge is 0.257 e. The predicted octanol–water partition coefficient (Wildman–Crippen LogP) is 3.76. The number of hydrogen-bond donors (Lipinski definition) is 0. The van der Waals surface area contributed by atoms with E-state index in [0.29, 0.717) is 21.5 Å². The lowest BCUT2D eigenvalue weighted by molar-refractivity contribution is 0.683. The van der Waals surface area contributed by atoms with Gasteiger partial charge in [0.1, 0.15) is 0 Å². The predicted molar refractivity (Wildman–Crippen MR) is 68.7 cm³/mol. The molecule has 0 amide bonds. The molecule has 2 aromatic rings. The Hall–Kier alpha value is -0.420. The fourth-order valence-corrected chi connectivity index (χ4v) is 3.74. The van der Waals surface area contributed by atoms with Gasteiger partial charge in [0, 0.05) is 6.20 Å². The van der Waals surface area contributed by atoms with Gasteiger partial charge in [-0.1, -0.05) is 29.3 Å². The minimum atomic E-state index is -1.09. The summed E-state index contributed by atoms with van der Waals surface area (Å²) in [4.78, 5) is 4.08. The van der Waals surface area contributed by atoms with Gasteiger partial charge in [-0.15, -0.1) is 11.3 Å². The Labute approximate surface area is 110 Å². The Balaban J connectivity index is 2.18. The molecule has 0 aliphatic carbocycles. The van der Waals surface area contributed by atoms with E-state index < -0.39 is 10.8 Å². The zero-order valence-corrected chi connectivity index (χ0v) is 11.2. The molecule has 16 heavy (non-hydrogen) atoms. The number of rotatable bonds is 3. The molecule has 2 heterocycles. The molecule has 0 fully saturated rings. The van der Waals surface area contributed by atoms with Gasteiger partial charge < -0.3 is 0 Å². The van der Waals surface area contributed by atoms with Gasteiger partial charge in [0.25, 0.3) is 0 Å². The first-order chi connectivity index (χ1) is 7.66. The molecule has 2 nitrogen and oxygen atoms in total. The third kappa shape index (κ3) is 2.83. The van der Waals surface area contributed by atoms with Crippen molar-refractivity contribution in [3.05, 3.63) is 45.5 Å². The van der Waals surface area contributed by atoms with Gasteiger partial charge in [-0.05, 0) is 17.5 Å². The maximum atomic E-state index is 11.9. The van der Waals surface area contributed by atoms with Gasteiger partial charge in [0.15, 0.2) is 0 Å². The van der Waals surface area contributed by atoms with E-state index in [1.165, 1.54) is 17.5 Å². The fourth-order valence-electron chi connectivity index (χ4n) is 1.14. The minimum absolute atomic E-state index is 0.316. The molecular weight excluding hydrogens is 285 g/mol. The molecule has 6 heteroatoms. The van der Waals surface area contributed by atoms with Crippen molar-refractivity contribution in [2.45, 2.75) is 9.96 Å². The Bertz CT molecular complexity index is 514. The highest BCUT2D eigenvalue weighted by Gasteiger charge is 2.10. The molecule has 0 aliphatic rings. The summed E-state index contributed by atoms with van der Waals surface area (Å²) in [5.41, 5.74) is 0.609. The SMILES string of the molecule is O=[S@](Cc1ncc(Cl)cc1Cl)c1cccs1. The standard InChI is InChI=1S/C10H7Cl2NOS2/c11-7-4-8(12)9(13-5-7)6-16(14)10-2-1-3-15-10/h1-5H,6H2/t16-/m1/s1. The molecule has 0 saturated heterocycles. The Morgan fingerprint density at radius 1 is 1.44 bits per heavy atom. The summed E-state index contributed by atoms with van der Waals surface area (Å²) < 4.78 is 12.7. The van der Waals surface area contributed by atoms with Crippen LogP contribution in [0.4, 0.5) is 0 Å². The van der Waals surface area contributed by atoms with E-state index >= 15 is 0 Å². The summed E-state index contributed by atoms with van der Waals surface area (Å²) in [5, 5.41) is 2.83. The summed E-state index contributed by atoms with van der Waals surface area (Å²) in [7, 11) is -1.09. The summed E-state index contributed by atoms with van der Waals surface area (Å²) in [6.45, 7) is 0. The van der Waals surface area contributed by atoms with Crippen molar-refractivity contribution < 1.29 is 4.21 Å². The molecule has 0 saturated carbocycles. The van der Waals surface area contributed by atoms with Crippen LogP contribution in [0.2, 0.25) is 10.0 Å². The molecule has 0 bridgehead atoms. The molecule has 84 valence electrons. The lowest BCUT2D eigenvalue weighted by atomic mass is 10.4. The van der Waals surface area contributed by atoms with Crippen molar-refractivity contribution in [1.82, 2.24) is 4.98 Å². The minimum Gasteiger partial charge on any atom is -0.257 e. The topological polar surface area (TPSA) is 30.0 Å². The van der Waals surface area contributed by atoms with Crippen LogP contribution in [0.5, 0.6) is 0 Å². The quantitative estimate of drug-likeness (QED) is 0.862. The highest BCUT2D eigenvalue weighted by molar-refractivity contribution is 7.86. The van der Waals surface area contributed by atoms with E-state index in [1.807, 2.05) is 17.5 Å². The van der Waals surface area contributed by atoms with Crippen LogP contribution >= 0.6 is 34.5 Å². The highest BCUT2D eigenvalue weighted by Crippen LogP contribution is 2.22. The van der Waals surface area contributed by atoms with Crippen LogP contribution in [-0.2, 0) is 16.6 Å². The molecule has 0 N–H and O–H groups in total. The second-order valence-electron chi connectivity index (χ2n) is 3.00. The van der Waals surface area contributed by atoms with Crippen molar-refractivity contribution in [1.29, 1.82) is 0 Å². The van der Waals surface area contributed by atoms with Crippen LogP contribution in [-0.4, -0.2) is 9.19 Å². The van der Waals surface area contributed by atoms with Gasteiger partial charge in [-0.2, -0.15) is 0 Å². The third-order valence-electron chi connectivity index (χ3n) is 1.87. The normalized spacial score (nSPS) is 12.6. The summed E-state index contributed by atoms with van der Waals surface area (Å²) in [6.07, 6.45) is 1.51. The maximum absolute atomic E-state index is 11.9. The Morgan fingerprint density at radius 3 is 2.88 bits per heavy atom. The first-order valence-corrected chi connectivity index (χ1v) is 7.34. The van der Waals surface area contributed by atoms with Crippen molar-refractivity contribution in [2.24, 2.45) is 0 Å². The highest BCUT2D eigenvalue weighted by atomic mass is 35.5. The van der Waals surface area contributed by atoms with Gasteiger partial charge in [-0.3, -0.25) is 9.19 Å². The van der Waals surface area contributed by atoms with Gasteiger partial charge in [-0.25, -0.2) is 0 Å². The van der Waals surface area contributed by atoms with Gasteiger partial charge in [0.05, 0.1) is 36.5 Å². The number of hydrogen-bond acceptors (Lipinski definition) is 3. The van der Waals surface area contributed by atoms with Gasteiger partial charge in [0.2, 0.25) is 0 Å². The summed E-state index contributed by atoms with van der Waals surface area (Å²) in [5.74, 6) is 0.316. The second kappa shape index (κ2) is 5.27. The van der Waals surface area contributed by atoms with E-state index in [1.54, 1.807) is 6.07 Å². The summed E-state index contributed by atoms with van der Waals surface area (Å²) in [6, 6.07) is 5.32. The van der Waals surface area contributed by atoms with Crippen LogP contribution in [0.25, 0.3) is 0 Å². The van der Waals surface area contributed by atoms with E-state index in [2.05, 4.69) is 4.98 Å². The molecule has 2 rings (SSSR count). The zero-order chi connectivity index (χ0) is 11.5. The van der Waals surface area contributed by atoms with Crippen molar-refractivity contribution in [3.63, 3.8) is 0 Å². The van der Waals surface area contributed by atoms with E-state index in [0.717, 1.165) is 4.21 Å². The molecule has 2 aromatic heterocycles. The second-order valence-corrected chi connectivity index (χ2v) is 6.47. The van der Waals surface area contributed by atoms with Crippen molar-refractivity contribution in [3.8, 4) is 0 Å². The lowest BCUT2D eigenvalue weighted by Gasteiger charge is -2.02. The van der Waals surface area contributed by atoms with Crippen LogP contribution in [0.1, 0.15) is 5.69 Å². The smallest absolute Gasteiger partial charge is 0.0914 e. The van der Waals surface area contributed by atoms with Crippen molar-refractivity contribution in [2.75, 3.05) is 0 Å². The van der Waals surface area contributed by atoms with Gasteiger partial charge >= 0.3 is 0 Å². The first kappa shape index (κ1) is 12.0. The molecule has 0 radical (unpaired) electrons. The van der Waals surface area contributed by atoms with E-state index in [9.17, 15) is 4.21 Å². The van der Waals surface area contributed by atoms with E-state index in [4.69, 9.17) is 23.2 Å². The number of nitrogens with zero attached hydrogens (tertiary/aromatic N) is 1. The molecular formula is C10H7Cl2NOS2. The van der Waals surface area contributed by atoms with Crippen molar-refractivity contribution >= 4 is 45.3 Å². The van der Waals surface area contributed by atoms with E-state index in [-0.39, 0.29) is 0 Å². The average Bonchev–Trinajstić information content (AvgIpc) is 2.75.